The Morgan fingerprint density at radius 3 is 2.44 bits per heavy atom. The van der Waals surface area contributed by atoms with Gasteiger partial charge in [0, 0.05) is 17.0 Å². The van der Waals surface area contributed by atoms with Gasteiger partial charge in [0.2, 0.25) is 0 Å². The van der Waals surface area contributed by atoms with E-state index in [2.05, 4.69) is 0 Å². The van der Waals surface area contributed by atoms with E-state index < -0.39 is 28.9 Å². The zero-order chi connectivity index (χ0) is 23.2. The molecule has 2 heterocycles. The summed E-state index contributed by atoms with van der Waals surface area (Å²) in [5.74, 6) is -1.24. The molecule has 2 aromatic heterocycles. The number of alkyl halides is 3. The molecular formula is C23H15F3O6. The number of aromatic hydroxyl groups is 1. The molecule has 0 aliphatic carbocycles. The molecule has 4 aromatic rings. The monoisotopic (exact) mass is 444 g/mol. The number of furan rings is 1. The third-order valence-electron chi connectivity index (χ3n) is 4.93. The summed E-state index contributed by atoms with van der Waals surface area (Å²) < 4.78 is 55.5. The van der Waals surface area contributed by atoms with Crippen molar-refractivity contribution in [2.45, 2.75) is 20.0 Å². The second-order valence-corrected chi connectivity index (χ2v) is 7.06. The maximum Gasteiger partial charge on any atom is 0.417 e. The molecule has 0 unspecified atom stereocenters. The van der Waals surface area contributed by atoms with E-state index in [1.165, 1.54) is 37.3 Å². The molecule has 0 radical (unpaired) electrons. The predicted octanol–water partition coefficient (Wildman–Crippen LogP) is 5.61. The maximum absolute atomic E-state index is 13.2. The zero-order valence-corrected chi connectivity index (χ0v) is 16.7. The Bertz CT molecular complexity index is 1410. The van der Waals surface area contributed by atoms with E-state index in [0.29, 0.717) is 10.9 Å². The summed E-state index contributed by atoms with van der Waals surface area (Å²) in [4.78, 5) is 24.3. The van der Waals surface area contributed by atoms with Crippen molar-refractivity contribution < 1.29 is 36.6 Å². The number of rotatable bonds is 3. The Labute approximate surface area is 178 Å². The number of esters is 1. The highest BCUT2D eigenvalue weighted by molar-refractivity contribution is 5.93. The molecular weight excluding hydrogens is 429 g/mol. The van der Waals surface area contributed by atoms with E-state index in [4.69, 9.17) is 13.6 Å². The van der Waals surface area contributed by atoms with Crippen LogP contribution in [0.1, 0.15) is 27.0 Å². The normalized spacial score (nSPS) is 11.7. The van der Waals surface area contributed by atoms with Gasteiger partial charge in [0.25, 0.3) is 0 Å². The van der Waals surface area contributed by atoms with Crippen molar-refractivity contribution in [1.29, 1.82) is 0 Å². The van der Waals surface area contributed by atoms with Gasteiger partial charge in [-0.2, -0.15) is 13.2 Å². The van der Waals surface area contributed by atoms with E-state index in [-0.39, 0.29) is 34.2 Å². The Morgan fingerprint density at radius 2 is 1.72 bits per heavy atom. The molecule has 0 bridgehead atoms. The molecule has 164 valence electrons. The number of fused-ring (bicyclic) bond motifs is 1. The minimum atomic E-state index is -4.71. The number of carbonyl (C=O) groups excluding carboxylic acids is 1. The van der Waals surface area contributed by atoms with Crippen LogP contribution in [0.2, 0.25) is 0 Å². The van der Waals surface area contributed by atoms with Crippen LogP contribution in [0.5, 0.6) is 11.5 Å². The molecule has 0 spiro atoms. The average Bonchev–Trinajstić information content (AvgIpc) is 3.17. The summed E-state index contributed by atoms with van der Waals surface area (Å²) >= 11 is 0. The largest absolute Gasteiger partial charge is 0.507 e. The van der Waals surface area contributed by atoms with Gasteiger partial charge in [-0.1, -0.05) is 12.1 Å². The lowest BCUT2D eigenvalue weighted by Gasteiger charge is -2.11. The lowest BCUT2D eigenvalue weighted by atomic mass is 10.1. The van der Waals surface area contributed by atoms with Gasteiger partial charge in [0.15, 0.2) is 11.5 Å². The minimum absolute atomic E-state index is 0.0342. The Morgan fingerprint density at radius 1 is 1.00 bits per heavy atom. The Balaban J connectivity index is 1.68. The summed E-state index contributed by atoms with van der Waals surface area (Å²) in [6.07, 6.45) is -4.71. The van der Waals surface area contributed by atoms with E-state index in [9.17, 15) is 27.9 Å². The van der Waals surface area contributed by atoms with Crippen molar-refractivity contribution in [2.75, 3.05) is 0 Å². The van der Waals surface area contributed by atoms with Crippen LogP contribution >= 0.6 is 0 Å². The number of ether oxygens (including phenoxy) is 1. The van der Waals surface area contributed by atoms with Gasteiger partial charge in [-0.05, 0) is 44.2 Å². The van der Waals surface area contributed by atoms with Gasteiger partial charge in [-0.15, -0.1) is 0 Å². The minimum Gasteiger partial charge on any atom is -0.507 e. The van der Waals surface area contributed by atoms with Crippen LogP contribution in [0.3, 0.4) is 0 Å². The van der Waals surface area contributed by atoms with Crippen LogP contribution in [0.4, 0.5) is 13.2 Å². The van der Waals surface area contributed by atoms with E-state index in [1.54, 1.807) is 13.0 Å². The van der Waals surface area contributed by atoms with Gasteiger partial charge in [0.05, 0.1) is 16.7 Å². The summed E-state index contributed by atoms with van der Waals surface area (Å²) in [7, 11) is 0. The Kier molecular flexibility index (Phi) is 5.04. The molecule has 32 heavy (non-hydrogen) atoms. The second kappa shape index (κ2) is 7.60. The quantitative estimate of drug-likeness (QED) is 0.326. The lowest BCUT2D eigenvalue weighted by Crippen LogP contribution is -2.16. The maximum atomic E-state index is 13.2. The van der Waals surface area contributed by atoms with Gasteiger partial charge in [0.1, 0.15) is 17.1 Å². The van der Waals surface area contributed by atoms with E-state index in [0.717, 1.165) is 12.1 Å². The number of hydrogen-bond donors (Lipinski definition) is 1. The standard InChI is InChI=1S/C23H15F3O6/c1-11-19(27)12(2)21(28)32-20(11)18-9-13-7-8-14(10-17(13)31-18)30-22(29)15-5-3-4-6-16(15)23(24,25)26/h3-10,27H,1-2H3. The predicted molar refractivity (Wildman–Crippen MR) is 108 cm³/mol. The van der Waals surface area contributed by atoms with Gasteiger partial charge < -0.3 is 18.7 Å². The molecule has 0 aliphatic heterocycles. The molecule has 0 amide bonds. The van der Waals surface area contributed by atoms with Crippen LogP contribution < -0.4 is 10.4 Å². The van der Waals surface area contributed by atoms with Crippen molar-refractivity contribution >= 4 is 16.9 Å². The first-order valence-electron chi connectivity index (χ1n) is 9.32. The Hall–Kier alpha value is -4.01. The fraction of sp³-hybridized carbons (Fsp3) is 0.130. The second-order valence-electron chi connectivity index (χ2n) is 7.06. The van der Waals surface area contributed by atoms with Gasteiger partial charge in [-0.3, -0.25) is 0 Å². The summed E-state index contributed by atoms with van der Waals surface area (Å²) in [5, 5.41) is 10.6. The summed E-state index contributed by atoms with van der Waals surface area (Å²) in [6.45, 7) is 2.98. The fourth-order valence-electron chi connectivity index (χ4n) is 3.22. The van der Waals surface area contributed by atoms with E-state index >= 15 is 0 Å². The van der Waals surface area contributed by atoms with Crippen molar-refractivity contribution in [3.63, 3.8) is 0 Å². The molecule has 0 aliphatic rings. The van der Waals surface area contributed by atoms with Crippen LogP contribution in [0.15, 0.2) is 62.2 Å². The molecule has 9 heteroatoms. The highest BCUT2D eigenvalue weighted by Gasteiger charge is 2.35. The van der Waals surface area contributed by atoms with Crippen LogP contribution in [-0.2, 0) is 6.18 Å². The average molecular weight is 444 g/mol. The smallest absolute Gasteiger partial charge is 0.417 e. The highest BCUT2D eigenvalue weighted by Crippen LogP contribution is 2.35. The van der Waals surface area contributed by atoms with Crippen molar-refractivity contribution in [2.24, 2.45) is 0 Å². The molecule has 0 atom stereocenters. The first-order chi connectivity index (χ1) is 15.1. The molecule has 4 rings (SSSR count). The third kappa shape index (κ3) is 3.73. The molecule has 0 fully saturated rings. The van der Waals surface area contributed by atoms with Gasteiger partial charge >= 0.3 is 17.8 Å². The SMILES string of the molecule is Cc1c(-c2cc3ccc(OC(=O)c4ccccc4C(F)(F)F)cc3o2)oc(=O)c(C)c1O. The molecule has 2 aromatic carbocycles. The molecule has 0 saturated carbocycles. The summed E-state index contributed by atoms with van der Waals surface area (Å²) in [6, 6.07) is 10.1. The van der Waals surface area contributed by atoms with E-state index in [1.807, 2.05) is 0 Å². The van der Waals surface area contributed by atoms with Crippen LogP contribution in [-0.4, -0.2) is 11.1 Å². The first-order valence-corrected chi connectivity index (χ1v) is 9.32. The molecule has 0 saturated heterocycles. The van der Waals surface area contributed by atoms with Crippen molar-refractivity contribution in [3.05, 3.63) is 81.2 Å². The van der Waals surface area contributed by atoms with Gasteiger partial charge in [-0.25, -0.2) is 9.59 Å². The van der Waals surface area contributed by atoms with Crippen molar-refractivity contribution in [3.8, 4) is 23.0 Å². The molecule has 1 N–H and O–H groups in total. The fourth-order valence-corrected chi connectivity index (χ4v) is 3.22. The number of hydrogen-bond acceptors (Lipinski definition) is 6. The topological polar surface area (TPSA) is 89.9 Å². The third-order valence-corrected chi connectivity index (χ3v) is 4.93. The number of carbonyl (C=O) groups is 1. The van der Waals surface area contributed by atoms with Crippen molar-refractivity contribution in [1.82, 2.24) is 0 Å². The highest BCUT2D eigenvalue weighted by atomic mass is 19.4. The lowest BCUT2D eigenvalue weighted by molar-refractivity contribution is -0.138. The van der Waals surface area contributed by atoms with Crippen LogP contribution in [0.25, 0.3) is 22.5 Å². The zero-order valence-electron chi connectivity index (χ0n) is 16.7. The number of halogens is 3. The first kappa shape index (κ1) is 21.2. The summed E-state index contributed by atoms with van der Waals surface area (Å²) in [5.41, 5.74) is -1.84. The number of benzene rings is 2. The van der Waals surface area contributed by atoms with Crippen LogP contribution in [0, 0.1) is 13.8 Å². The molecule has 6 nitrogen and oxygen atoms in total.